The minimum Gasteiger partial charge on any atom is -0.381 e. The molecular weight excluding hydrogens is 238 g/mol. The molecule has 0 atom stereocenters. The van der Waals surface area contributed by atoms with Crippen molar-refractivity contribution >= 4 is 5.91 Å². The van der Waals surface area contributed by atoms with Gasteiger partial charge in [-0.05, 0) is 51.2 Å². The molecule has 3 heteroatoms. The zero-order chi connectivity index (χ0) is 13.7. The van der Waals surface area contributed by atoms with E-state index in [1.807, 2.05) is 26.0 Å². The Morgan fingerprint density at radius 3 is 2.58 bits per heavy atom. The summed E-state index contributed by atoms with van der Waals surface area (Å²) in [4.78, 5) is 11.9. The molecule has 1 aromatic carbocycles. The zero-order valence-electron chi connectivity index (χ0n) is 11.9. The molecule has 1 fully saturated rings. The standard InChI is InChI=1S/C16H23NO2/c1-12-8-13(2)10-15(9-12)16(18)17-6-3-7-19-11-14-4-5-14/h8-10,14H,3-7,11H2,1-2H3,(H,17,18). The van der Waals surface area contributed by atoms with E-state index < -0.39 is 0 Å². The van der Waals surface area contributed by atoms with Gasteiger partial charge < -0.3 is 10.1 Å². The van der Waals surface area contributed by atoms with Gasteiger partial charge in [-0.15, -0.1) is 0 Å². The molecule has 0 saturated heterocycles. The summed E-state index contributed by atoms with van der Waals surface area (Å²) in [6, 6.07) is 5.92. The molecule has 0 bridgehead atoms. The van der Waals surface area contributed by atoms with Crippen molar-refractivity contribution < 1.29 is 9.53 Å². The number of hydrogen-bond donors (Lipinski definition) is 1. The molecule has 0 radical (unpaired) electrons. The second kappa shape index (κ2) is 6.71. The van der Waals surface area contributed by atoms with Gasteiger partial charge in [0, 0.05) is 25.3 Å². The molecule has 19 heavy (non-hydrogen) atoms. The maximum Gasteiger partial charge on any atom is 0.251 e. The molecule has 1 aromatic rings. The number of rotatable bonds is 7. The molecule has 1 amide bonds. The molecule has 3 nitrogen and oxygen atoms in total. The van der Waals surface area contributed by atoms with Crippen molar-refractivity contribution in [1.29, 1.82) is 0 Å². The van der Waals surface area contributed by atoms with Gasteiger partial charge in [0.1, 0.15) is 0 Å². The molecule has 0 spiro atoms. The van der Waals surface area contributed by atoms with Crippen LogP contribution in [0.2, 0.25) is 0 Å². The summed E-state index contributed by atoms with van der Waals surface area (Å²) >= 11 is 0. The van der Waals surface area contributed by atoms with Crippen molar-refractivity contribution in [1.82, 2.24) is 5.32 Å². The van der Waals surface area contributed by atoms with E-state index in [0.29, 0.717) is 6.54 Å². The Morgan fingerprint density at radius 2 is 1.95 bits per heavy atom. The van der Waals surface area contributed by atoms with Crippen LogP contribution in [0.4, 0.5) is 0 Å². The van der Waals surface area contributed by atoms with Gasteiger partial charge in [-0.1, -0.05) is 17.2 Å². The molecule has 104 valence electrons. The largest absolute Gasteiger partial charge is 0.381 e. The van der Waals surface area contributed by atoms with Gasteiger partial charge >= 0.3 is 0 Å². The molecule has 0 unspecified atom stereocenters. The minimum atomic E-state index is 0.00833. The number of benzene rings is 1. The monoisotopic (exact) mass is 261 g/mol. The molecule has 1 saturated carbocycles. The van der Waals surface area contributed by atoms with Crippen molar-refractivity contribution in [2.75, 3.05) is 19.8 Å². The summed E-state index contributed by atoms with van der Waals surface area (Å²) in [6.07, 6.45) is 3.52. The van der Waals surface area contributed by atoms with E-state index in [9.17, 15) is 4.79 Å². The highest BCUT2D eigenvalue weighted by Gasteiger charge is 2.20. The first-order chi connectivity index (χ1) is 9.15. The van der Waals surface area contributed by atoms with Crippen molar-refractivity contribution in [3.63, 3.8) is 0 Å². The average Bonchev–Trinajstić information content (AvgIpc) is 3.16. The second-order valence-electron chi connectivity index (χ2n) is 5.50. The average molecular weight is 261 g/mol. The second-order valence-corrected chi connectivity index (χ2v) is 5.50. The Labute approximate surface area is 115 Å². The molecule has 1 N–H and O–H groups in total. The van der Waals surface area contributed by atoms with Crippen molar-refractivity contribution in [2.45, 2.75) is 33.1 Å². The van der Waals surface area contributed by atoms with Crippen LogP contribution in [0.5, 0.6) is 0 Å². The van der Waals surface area contributed by atoms with Gasteiger partial charge in [0.05, 0.1) is 0 Å². The smallest absolute Gasteiger partial charge is 0.251 e. The van der Waals surface area contributed by atoms with Crippen LogP contribution in [0.25, 0.3) is 0 Å². The van der Waals surface area contributed by atoms with Crippen LogP contribution in [-0.4, -0.2) is 25.7 Å². The Hall–Kier alpha value is -1.35. The Morgan fingerprint density at radius 1 is 1.26 bits per heavy atom. The number of aryl methyl sites for hydroxylation is 2. The molecule has 0 aliphatic heterocycles. The topological polar surface area (TPSA) is 38.3 Å². The van der Waals surface area contributed by atoms with Gasteiger partial charge in [-0.3, -0.25) is 4.79 Å². The Kier molecular flexibility index (Phi) is 4.97. The number of amides is 1. The summed E-state index contributed by atoms with van der Waals surface area (Å²) in [5.41, 5.74) is 2.99. The number of carbonyl (C=O) groups excluding carboxylic acids is 1. The van der Waals surface area contributed by atoms with E-state index in [2.05, 4.69) is 11.4 Å². The fourth-order valence-corrected chi connectivity index (χ4v) is 2.12. The molecule has 1 aliphatic carbocycles. The van der Waals surface area contributed by atoms with Crippen LogP contribution in [0.15, 0.2) is 18.2 Å². The highest BCUT2D eigenvalue weighted by molar-refractivity contribution is 5.94. The predicted octanol–water partition coefficient (Wildman–Crippen LogP) is 2.85. The lowest BCUT2D eigenvalue weighted by molar-refractivity contribution is 0.0937. The maximum atomic E-state index is 11.9. The van der Waals surface area contributed by atoms with E-state index in [1.54, 1.807) is 0 Å². The molecular formula is C16H23NO2. The lowest BCUT2D eigenvalue weighted by Gasteiger charge is -2.07. The summed E-state index contributed by atoms with van der Waals surface area (Å²) in [7, 11) is 0. The zero-order valence-corrected chi connectivity index (χ0v) is 11.9. The first-order valence-electron chi connectivity index (χ1n) is 7.09. The van der Waals surface area contributed by atoms with E-state index in [1.165, 1.54) is 12.8 Å². The van der Waals surface area contributed by atoms with Crippen molar-refractivity contribution in [3.05, 3.63) is 34.9 Å². The van der Waals surface area contributed by atoms with Crippen LogP contribution in [0, 0.1) is 19.8 Å². The SMILES string of the molecule is Cc1cc(C)cc(C(=O)NCCCOCC2CC2)c1. The van der Waals surface area contributed by atoms with Gasteiger partial charge in [0.25, 0.3) is 5.91 Å². The number of ether oxygens (including phenoxy) is 1. The van der Waals surface area contributed by atoms with E-state index >= 15 is 0 Å². The lowest BCUT2D eigenvalue weighted by Crippen LogP contribution is -2.25. The summed E-state index contributed by atoms with van der Waals surface area (Å²) in [5.74, 6) is 0.818. The van der Waals surface area contributed by atoms with Crippen LogP contribution < -0.4 is 5.32 Å². The fraction of sp³-hybridized carbons (Fsp3) is 0.562. The normalized spacial score (nSPS) is 14.4. The van der Waals surface area contributed by atoms with Gasteiger partial charge in [-0.25, -0.2) is 0 Å². The Balaban J connectivity index is 1.65. The number of nitrogens with one attached hydrogen (secondary N) is 1. The lowest BCUT2D eigenvalue weighted by atomic mass is 10.1. The van der Waals surface area contributed by atoms with Crippen LogP contribution in [-0.2, 0) is 4.74 Å². The maximum absolute atomic E-state index is 11.9. The highest BCUT2D eigenvalue weighted by atomic mass is 16.5. The predicted molar refractivity (Wildman–Crippen MR) is 76.4 cm³/mol. The first kappa shape index (κ1) is 14.1. The van der Waals surface area contributed by atoms with Crippen molar-refractivity contribution in [3.8, 4) is 0 Å². The molecule has 0 aromatic heterocycles. The Bertz CT molecular complexity index is 418. The summed E-state index contributed by atoms with van der Waals surface area (Å²) in [6.45, 7) is 6.33. The fourth-order valence-electron chi connectivity index (χ4n) is 2.12. The molecule has 1 aliphatic rings. The van der Waals surface area contributed by atoms with Gasteiger partial charge in [0.15, 0.2) is 0 Å². The highest BCUT2D eigenvalue weighted by Crippen LogP contribution is 2.28. The van der Waals surface area contributed by atoms with Crippen molar-refractivity contribution in [2.24, 2.45) is 5.92 Å². The summed E-state index contributed by atoms with van der Waals surface area (Å²) in [5, 5.41) is 2.94. The summed E-state index contributed by atoms with van der Waals surface area (Å²) < 4.78 is 5.53. The van der Waals surface area contributed by atoms with E-state index in [-0.39, 0.29) is 5.91 Å². The third-order valence-corrected chi connectivity index (χ3v) is 3.29. The molecule has 2 rings (SSSR count). The molecule has 0 heterocycles. The third-order valence-electron chi connectivity index (χ3n) is 3.29. The number of hydrogen-bond acceptors (Lipinski definition) is 2. The van der Waals surface area contributed by atoms with Crippen LogP contribution >= 0.6 is 0 Å². The third kappa shape index (κ3) is 5.03. The van der Waals surface area contributed by atoms with Crippen LogP contribution in [0.1, 0.15) is 40.7 Å². The first-order valence-corrected chi connectivity index (χ1v) is 7.09. The van der Waals surface area contributed by atoms with Crippen LogP contribution in [0.3, 0.4) is 0 Å². The van der Waals surface area contributed by atoms with Gasteiger partial charge in [0.2, 0.25) is 0 Å². The van der Waals surface area contributed by atoms with E-state index in [0.717, 1.165) is 42.2 Å². The quantitative estimate of drug-likeness (QED) is 0.766. The minimum absolute atomic E-state index is 0.00833. The van der Waals surface area contributed by atoms with Gasteiger partial charge in [-0.2, -0.15) is 0 Å². The number of carbonyl (C=O) groups is 1. The van der Waals surface area contributed by atoms with E-state index in [4.69, 9.17) is 4.74 Å².